The van der Waals surface area contributed by atoms with Crippen LogP contribution in [0.5, 0.6) is 0 Å². The summed E-state index contributed by atoms with van der Waals surface area (Å²) >= 11 is 14.4. The molecule has 36 heavy (non-hydrogen) atoms. The van der Waals surface area contributed by atoms with Crippen molar-refractivity contribution in [3.05, 3.63) is 105 Å². The molecule has 188 valence electrons. The smallest absolute Gasteiger partial charge is 0.240 e. The number of rotatable bonds is 9. The van der Waals surface area contributed by atoms with Crippen molar-refractivity contribution in [2.75, 3.05) is 0 Å². The average molecular weight is 561 g/mol. The predicted octanol–water partition coefficient (Wildman–Crippen LogP) is 7.30. The first kappa shape index (κ1) is 26.8. The summed E-state index contributed by atoms with van der Waals surface area (Å²) in [6.45, 7) is 7.05. The summed E-state index contributed by atoms with van der Waals surface area (Å²) in [5.74, 6) is 0.138. The van der Waals surface area contributed by atoms with E-state index in [0.717, 1.165) is 32.3 Å². The molecule has 5 nitrogen and oxygen atoms in total. The van der Waals surface area contributed by atoms with Gasteiger partial charge >= 0.3 is 0 Å². The first-order valence-electron chi connectivity index (χ1n) is 11.5. The summed E-state index contributed by atoms with van der Waals surface area (Å²) in [7, 11) is -3.66. The maximum absolute atomic E-state index is 13.0. The van der Waals surface area contributed by atoms with Gasteiger partial charge in [-0.2, -0.15) is 0 Å². The molecule has 0 unspecified atom stereocenters. The Hall–Kier alpha value is -2.29. The third kappa shape index (κ3) is 5.98. The van der Waals surface area contributed by atoms with Crippen LogP contribution in [-0.2, 0) is 23.1 Å². The fourth-order valence-corrected chi connectivity index (χ4v) is 6.91. The molecule has 2 aromatic heterocycles. The zero-order chi connectivity index (χ0) is 25.9. The lowest BCUT2D eigenvalue weighted by Gasteiger charge is -2.15. The van der Waals surface area contributed by atoms with Crippen molar-refractivity contribution >= 4 is 45.0 Å². The molecule has 2 heterocycles. The average Bonchev–Trinajstić information content (AvgIpc) is 3.12. The Labute approximate surface area is 226 Å². The van der Waals surface area contributed by atoms with Gasteiger partial charge in [-0.05, 0) is 72.0 Å². The van der Waals surface area contributed by atoms with Crippen LogP contribution >= 0.6 is 35.0 Å². The monoisotopic (exact) mass is 559 g/mol. The van der Waals surface area contributed by atoms with Gasteiger partial charge in [-0.15, -0.1) is 0 Å². The van der Waals surface area contributed by atoms with Crippen LogP contribution in [0.25, 0.3) is 0 Å². The lowest BCUT2D eigenvalue weighted by Crippen LogP contribution is -2.24. The minimum Gasteiger partial charge on any atom is -0.335 e. The molecule has 0 aliphatic rings. The predicted molar refractivity (Wildman–Crippen MR) is 148 cm³/mol. The van der Waals surface area contributed by atoms with Gasteiger partial charge < -0.3 is 4.57 Å². The van der Waals surface area contributed by atoms with Crippen LogP contribution in [0.4, 0.5) is 0 Å². The molecule has 1 N–H and O–H groups in total. The van der Waals surface area contributed by atoms with E-state index in [1.165, 1.54) is 0 Å². The Morgan fingerprint density at radius 3 is 2.39 bits per heavy atom. The zero-order valence-electron chi connectivity index (χ0n) is 20.2. The SMILES string of the molecule is Cc1c(CNS(=O)(=O)c2ccccc2)c(C(C)C)c(Sc2cc(Cl)ccc2Cl)n1Cc1ccncc1. The number of pyridine rings is 1. The van der Waals surface area contributed by atoms with E-state index in [1.807, 2.05) is 25.1 Å². The molecule has 0 saturated carbocycles. The van der Waals surface area contributed by atoms with E-state index in [4.69, 9.17) is 23.2 Å². The minimum atomic E-state index is -3.66. The van der Waals surface area contributed by atoms with Crippen molar-refractivity contribution < 1.29 is 8.42 Å². The van der Waals surface area contributed by atoms with Gasteiger partial charge in [0, 0.05) is 41.1 Å². The molecule has 0 atom stereocenters. The highest BCUT2D eigenvalue weighted by atomic mass is 35.5. The minimum absolute atomic E-state index is 0.138. The number of halogens is 2. The largest absolute Gasteiger partial charge is 0.335 e. The van der Waals surface area contributed by atoms with Gasteiger partial charge in [0.25, 0.3) is 0 Å². The van der Waals surface area contributed by atoms with Crippen LogP contribution in [0.3, 0.4) is 0 Å². The summed E-state index contributed by atoms with van der Waals surface area (Å²) in [6.07, 6.45) is 3.54. The molecule has 0 amide bonds. The van der Waals surface area contributed by atoms with Crippen molar-refractivity contribution in [2.45, 2.75) is 54.6 Å². The Bertz CT molecular complexity index is 1460. The van der Waals surface area contributed by atoms with E-state index in [1.54, 1.807) is 66.6 Å². The standard InChI is InChI=1S/C27H27Cl2N3O2S2/c1-18(2)26-23(16-31-36(33,34)22-7-5-4-6-8-22)19(3)32(17-20-11-13-30-14-12-20)27(26)35-25-15-21(28)9-10-24(25)29/h4-15,18,31H,16-17H2,1-3H3. The fourth-order valence-electron chi connectivity index (χ4n) is 4.08. The highest BCUT2D eigenvalue weighted by Crippen LogP contribution is 2.42. The lowest BCUT2D eigenvalue weighted by atomic mass is 10.0. The number of aromatic nitrogens is 2. The van der Waals surface area contributed by atoms with E-state index < -0.39 is 10.0 Å². The molecular weight excluding hydrogens is 533 g/mol. The van der Waals surface area contributed by atoms with E-state index in [9.17, 15) is 8.42 Å². The van der Waals surface area contributed by atoms with Crippen molar-refractivity contribution in [1.82, 2.24) is 14.3 Å². The van der Waals surface area contributed by atoms with Crippen molar-refractivity contribution in [1.29, 1.82) is 0 Å². The second kappa shape index (κ2) is 11.4. The van der Waals surface area contributed by atoms with Gasteiger partial charge in [0.15, 0.2) is 0 Å². The highest BCUT2D eigenvalue weighted by molar-refractivity contribution is 7.99. The third-order valence-corrected chi connectivity index (χ3v) is 9.19. The maximum Gasteiger partial charge on any atom is 0.240 e. The molecule has 4 aromatic rings. The first-order valence-corrected chi connectivity index (χ1v) is 14.5. The molecule has 0 aliphatic heterocycles. The molecule has 0 fully saturated rings. The van der Waals surface area contributed by atoms with E-state index in [0.29, 0.717) is 16.6 Å². The van der Waals surface area contributed by atoms with Gasteiger partial charge in [0.1, 0.15) is 0 Å². The molecule has 0 radical (unpaired) electrons. The summed E-state index contributed by atoms with van der Waals surface area (Å²) in [5, 5.41) is 2.23. The second-order valence-electron chi connectivity index (χ2n) is 8.69. The second-order valence-corrected chi connectivity index (χ2v) is 12.3. The van der Waals surface area contributed by atoms with Crippen LogP contribution in [0.1, 0.15) is 42.1 Å². The molecule has 0 aliphatic carbocycles. The van der Waals surface area contributed by atoms with Crippen molar-refractivity contribution in [3.8, 4) is 0 Å². The number of hydrogen-bond donors (Lipinski definition) is 1. The van der Waals surface area contributed by atoms with E-state index in [2.05, 4.69) is 28.1 Å². The zero-order valence-corrected chi connectivity index (χ0v) is 23.3. The summed E-state index contributed by atoms with van der Waals surface area (Å²) in [5.41, 5.74) is 4.12. The Balaban J connectivity index is 1.80. The van der Waals surface area contributed by atoms with E-state index in [-0.39, 0.29) is 17.4 Å². The fraction of sp³-hybridized carbons (Fsp3) is 0.222. The lowest BCUT2D eigenvalue weighted by molar-refractivity contribution is 0.580. The molecule has 0 bridgehead atoms. The number of nitrogens with one attached hydrogen (secondary N) is 1. The molecule has 2 aromatic carbocycles. The van der Waals surface area contributed by atoms with Crippen LogP contribution in [0.15, 0.2) is 87.9 Å². The number of sulfonamides is 1. The number of nitrogens with zero attached hydrogens (tertiary/aromatic N) is 2. The van der Waals surface area contributed by atoms with Crippen LogP contribution < -0.4 is 4.72 Å². The van der Waals surface area contributed by atoms with Crippen LogP contribution in [-0.4, -0.2) is 18.0 Å². The Kier molecular flexibility index (Phi) is 8.48. The Morgan fingerprint density at radius 1 is 1.03 bits per heavy atom. The van der Waals surface area contributed by atoms with Crippen LogP contribution in [0, 0.1) is 6.92 Å². The van der Waals surface area contributed by atoms with Gasteiger partial charge in [0.05, 0.1) is 14.9 Å². The molecule has 0 spiro atoms. The third-order valence-electron chi connectivity index (χ3n) is 5.90. The molecule has 9 heteroatoms. The Morgan fingerprint density at radius 2 is 1.72 bits per heavy atom. The number of benzene rings is 2. The summed E-state index contributed by atoms with van der Waals surface area (Å²) in [6, 6.07) is 17.8. The highest BCUT2D eigenvalue weighted by Gasteiger charge is 2.25. The van der Waals surface area contributed by atoms with E-state index >= 15 is 0 Å². The summed E-state index contributed by atoms with van der Waals surface area (Å²) in [4.78, 5) is 5.22. The number of hydrogen-bond acceptors (Lipinski definition) is 4. The van der Waals surface area contributed by atoms with Gasteiger partial charge in [-0.25, -0.2) is 13.1 Å². The molecular formula is C27H27Cl2N3O2S2. The quantitative estimate of drug-likeness (QED) is 0.233. The molecule has 0 saturated heterocycles. The van der Waals surface area contributed by atoms with Crippen molar-refractivity contribution in [3.63, 3.8) is 0 Å². The van der Waals surface area contributed by atoms with Gasteiger partial charge in [0.2, 0.25) is 10.0 Å². The normalized spacial score (nSPS) is 11.8. The van der Waals surface area contributed by atoms with Crippen molar-refractivity contribution in [2.24, 2.45) is 0 Å². The van der Waals surface area contributed by atoms with Gasteiger partial charge in [-0.3, -0.25) is 4.98 Å². The van der Waals surface area contributed by atoms with Gasteiger partial charge in [-0.1, -0.05) is 67.0 Å². The van der Waals surface area contributed by atoms with Crippen LogP contribution in [0.2, 0.25) is 10.0 Å². The molecule has 4 rings (SSSR count). The first-order chi connectivity index (χ1) is 17.2. The maximum atomic E-state index is 13.0. The summed E-state index contributed by atoms with van der Waals surface area (Å²) < 4.78 is 31.0. The topological polar surface area (TPSA) is 64.0 Å².